The monoisotopic (exact) mass is 230 g/mol. The van der Waals surface area contributed by atoms with Crippen LogP contribution in [-0.4, -0.2) is 12.4 Å². The van der Waals surface area contributed by atoms with E-state index in [9.17, 15) is 4.79 Å². The molecule has 0 amide bonds. The molecule has 0 aliphatic heterocycles. The predicted molar refractivity (Wildman–Crippen MR) is 70.1 cm³/mol. The minimum Gasteiger partial charge on any atom is -0.485 e. The van der Waals surface area contributed by atoms with Gasteiger partial charge in [-0.05, 0) is 25.0 Å². The minimum atomic E-state index is 0. The summed E-state index contributed by atoms with van der Waals surface area (Å²) in [6, 6.07) is 9.39. The third-order valence-corrected chi connectivity index (χ3v) is 2.43. The molecular formula is C15H18O2. The molecule has 0 saturated heterocycles. The van der Waals surface area contributed by atoms with Gasteiger partial charge in [-0.15, -0.1) is 0 Å². The van der Waals surface area contributed by atoms with Crippen molar-refractivity contribution in [3.63, 3.8) is 0 Å². The number of allylic oxidation sites excluding steroid dienone is 3. The van der Waals surface area contributed by atoms with E-state index in [0.717, 1.165) is 24.2 Å². The number of ether oxygens (including phenoxy) is 1. The molecule has 0 spiro atoms. The molecule has 90 valence electrons. The largest absolute Gasteiger partial charge is 0.485 e. The van der Waals surface area contributed by atoms with E-state index in [4.69, 9.17) is 4.74 Å². The van der Waals surface area contributed by atoms with Gasteiger partial charge < -0.3 is 4.74 Å². The van der Waals surface area contributed by atoms with Crippen LogP contribution in [0.3, 0.4) is 0 Å². The number of benzene rings is 1. The van der Waals surface area contributed by atoms with E-state index in [1.165, 1.54) is 0 Å². The number of Topliss-reactive ketones (excluding diaryl/α,β-unsaturated/α-hetero) is 1. The number of para-hydroxylation sites is 1. The van der Waals surface area contributed by atoms with E-state index in [1.54, 1.807) is 0 Å². The lowest BCUT2D eigenvalue weighted by Crippen LogP contribution is -2.13. The summed E-state index contributed by atoms with van der Waals surface area (Å²) in [4.78, 5) is 11.7. The van der Waals surface area contributed by atoms with Crippen LogP contribution in [-0.2, 0) is 4.79 Å². The van der Waals surface area contributed by atoms with Crippen molar-refractivity contribution in [2.75, 3.05) is 6.61 Å². The molecule has 1 aromatic carbocycles. The fourth-order valence-electron chi connectivity index (χ4n) is 1.57. The summed E-state index contributed by atoms with van der Waals surface area (Å²) in [6.07, 6.45) is 7.84. The molecule has 0 N–H and O–H groups in total. The van der Waals surface area contributed by atoms with Crippen molar-refractivity contribution in [2.45, 2.75) is 20.3 Å². The van der Waals surface area contributed by atoms with Crippen LogP contribution in [0.15, 0.2) is 54.1 Å². The lowest BCUT2D eigenvalue weighted by atomic mass is 10.0. The molecule has 1 aromatic rings. The Balaban J connectivity index is 0.00000144. The molecule has 1 aliphatic rings. The first-order valence-electron chi connectivity index (χ1n) is 5.44. The molecule has 0 aromatic heterocycles. The standard InChI is InChI=1S/C14H14O2.CH4/c15-14(12-7-3-1-4-8-12)11-16-13-9-5-2-6-10-13;/h2-3,5-10H,1,4,11H2;1H4. The Labute approximate surface area is 103 Å². The Morgan fingerprint density at radius 3 is 2.59 bits per heavy atom. The fraction of sp³-hybridized carbons (Fsp3) is 0.267. The smallest absolute Gasteiger partial charge is 0.199 e. The van der Waals surface area contributed by atoms with Gasteiger partial charge in [0.15, 0.2) is 12.4 Å². The SMILES string of the molecule is C.O=C(COc1ccccc1)C1=CCCC=C1. The molecule has 0 unspecified atom stereocenters. The normalized spacial score (nSPS) is 13.5. The lowest BCUT2D eigenvalue weighted by Gasteiger charge is -2.07. The zero-order valence-electron chi connectivity index (χ0n) is 9.06. The van der Waals surface area contributed by atoms with Gasteiger partial charge in [0.2, 0.25) is 0 Å². The van der Waals surface area contributed by atoms with Crippen molar-refractivity contribution < 1.29 is 9.53 Å². The van der Waals surface area contributed by atoms with E-state index in [-0.39, 0.29) is 19.8 Å². The Bertz CT molecular complexity index is 416. The Kier molecular flexibility index (Phi) is 5.21. The summed E-state index contributed by atoms with van der Waals surface area (Å²) in [6.45, 7) is 0.111. The van der Waals surface area contributed by atoms with Gasteiger partial charge in [0.25, 0.3) is 0 Å². The van der Waals surface area contributed by atoms with Gasteiger partial charge in [-0.3, -0.25) is 4.79 Å². The second kappa shape index (κ2) is 6.69. The van der Waals surface area contributed by atoms with Crippen molar-refractivity contribution in [1.82, 2.24) is 0 Å². The zero-order valence-corrected chi connectivity index (χ0v) is 9.06. The Hall–Kier alpha value is -1.83. The lowest BCUT2D eigenvalue weighted by molar-refractivity contribution is -0.117. The fourth-order valence-corrected chi connectivity index (χ4v) is 1.57. The summed E-state index contributed by atoms with van der Waals surface area (Å²) in [5, 5.41) is 0. The molecule has 0 fully saturated rings. The van der Waals surface area contributed by atoms with E-state index >= 15 is 0 Å². The average molecular weight is 230 g/mol. The maximum atomic E-state index is 11.7. The second-order valence-corrected chi connectivity index (χ2v) is 3.66. The predicted octanol–water partition coefficient (Wildman–Crippen LogP) is 3.55. The first-order chi connectivity index (χ1) is 7.86. The molecule has 0 heterocycles. The highest BCUT2D eigenvalue weighted by molar-refractivity contribution is 5.99. The number of carbonyl (C=O) groups excluding carboxylic acids is 1. The van der Waals surface area contributed by atoms with Crippen LogP contribution in [0, 0.1) is 0 Å². The molecule has 17 heavy (non-hydrogen) atoms. The van der Waals surface area contributed by atoms with E-state index in [0.29, 0.717) is 0 Å². The first kappa shape index (κ1) is 13.2. The van der Waals surface area contributed by atoms with Gasteiger partial charge in [-0.25, -0.2) is 0 Å². The highest BCUT2D eigenvalue weighted by atomic mass is 16.5. The molecule has 0 bridgehead atoms. The maximum absolute atomic E-state index is 11.7. The average Bonchev–Trinajstić information content (AvgIpc) is 2.38. The van der Waals surface area contributed by atoms with Gasteiger partial charge in [-0.1, -0.05) is 43.9 Å². The highest BCUT2D eigenvalue weighted by Crippen LogP contribution is 2.12. The number of hydrogen-bond acceptors (Lipinski definition) is 2. The zero-order chi connectivity index (χ0) is 11.2. The maximum Gasteiger partial charge on any atom is 0.199 e. The van der Waals surface area contributed by atoms with Crippen LogP contribution in [0.4, 0.5) is 0 Å². The first-order valence-corrected chi connectivity index (χ1v) is 5.44. The summed E-state index contributed by atoms with van der Waals surface area (Å²) < 4.78 is 5.40. The van der Waals surface area contributed by atoms with Crippen LogP contribution in [0.25, 0.3) is 0 Å². The number of ketones is 1. The summed E-state index contributed by atoms with van der Waals surface area (Å²) >= 11 is 0. The molecule has 0 radical (unpaired) electrons. The number of rotatable bonds is 4. The second-order valence-electron chi connectivity index (χ2n) is 3.66. The summed E-state index contributed by atoms with van der Waals surface area (Å²) in [5.41, 5.74) is 0.766. The van der Waals surface area contributed by atoms with Crippen molar-refractivity contribution in [3.8, 4) is 5.75 Å². The van der Waals surface area contributed by atoms with Crippen LogP contribution in [0.1, 0.15) is 20.3 Å². The van der Waals surface area contributed by atoms with Crippen LogP contribution >= 0.6 is 0 Å². The van der Waals surface area contributed by atoms with Crippen LogP contribution in [0.2, 0.25) is 0 Å². The quantitative estimate of drug-likeness (QED) is 0.790. The van der Waals surface area contributed by atoms with Crippen molar-refractivity contribution >= 4 is 5.78 Å². The van der Waals surface area contributed by atoms with Crippen molar-refractivity contribution in [2.24, 2.45) is 0 Å². The van der Waals surface area contributed by atoms with E-state index in [1.807, 2.05) is 48.6 Å². The van der Waals surface area contributed by atoms with Gasteiger partial charge in [-0.2, -0.15) is 0 Å². The van der Waals surface area contributed by atoms with Crippen molar-refractivity contribution in [3.05, 3.63) is 54.1 Å². The third-order valence-electron chi connectivity index (χ3n) is 2.43. The topological polar surface area (TPSA) is 26.3 Å². The van der Waals surface area contributed by atoms with E-state index < -0.39 is 0 Å². The van der Waals surface area contributed by atoms with E-state index in [2.05, 4.69) is 0 Å². The highest BCUT2D eigenvalue weighted by Gasteiger charge is 2.08. The summed E-state index contributed by atoms with van der Waals surface area (Å²) in [5.74, 6) is 0.774. The number of carbonyl (C=O) groups is 1. The third kappa shape index (κ3) is 3.91. The van der Waals surface area contributed by atoms with Crippen molar-refractivity contribution in [1.29, 1.82) is 0 Å². The van der Waals surface area contributed by atoms with Crippen LogP contribution < -0.4 is 4.74 Å². The summed E-state index contributed by atoms with van der Waals surface area (Å²) in [7, 11) is 0. The van der Waals surface area contributed by atoms with Gasteiger partial charge >= 0.3 is 0 Å². The molecule has 2 heteroatoms. The molecule has 2 nitrogen and oxygen atoms in total. The Morgan fingerprint density at radius 2 is 1.94 bits per heavy atom. The molecule has 0 saturated carbocycles. The number of hydrogen-bond donors (Lipinski definition) is 0. The van der Waals surface area contributed by atoms with Gasteiger partial charge in [0.1, 0.15) is 5.75 Å². The molecule has 0 atom stereocenters. The molecular weight excluding hydrogens is 212 g/mol. The Morgan fingerprint density at radius 1 is 1.18 bits per heavy atom. The van der Waals surface area contributed by atoms with Gasteiger partial charge in [0, 0.05) is 5.57 Å². The van der Waals surface area contributed by atoms with Gasteiger partial charge in [0.05, 0.1) is 0 Å². The van der Waals surface area contributed by atoms with Crippen LogP contribution in [0.5, 0.6) is 5.75 Å². The molecule has 1 aliphatic carbocycles. The minimum absolute atomic E-state index is 0. The molecule has 2 rings (SSSR count).